The predicted octanol–water partition coefficient (Wildman–Crippen LogP) is 2.26. The number of ether oxygens (including phenoxy) is 2. The van der Waals surface area contributed by atoms with Gasteiger partial charge in [0, 0.05) is 24.6 Å². The third kappa shape index (κ3) is 3.42. The molecule has 0 bridgehead atoms. The predicted molar refractivity (Wildman–Crippen MR) is 79.2 cm³/mol. The Kier molecular flexibility index (Phi) is 4.98. The minimum Gasteiger partial charge on any atom is -0.493 e. The van der Waals surface area contributed by atoms with Gasteiger partial charge in [-0.25, -0.2) is 0 Å². The summed E-state index contributed by atoms with van der Waals surface area (Å²) in [4.78, 5) is 25.1. The first-order valence-electron chi connectivity index (χ1n) is 6.90. The molecular formula is C16H19NO4. The molecule has 0 atom stereocenters. The van der Waals surface area contributed by atoms with Gasteiger partial charge in [0.15, 0.2) is 11.5 Å². The highest BCUT2D eigenvalue weighted by molar-refractivity contribution is 6.03. The molecule has 1 heterocycles. The van der Waals surface area contributed by atoms with Crippen LogP contribution < -0.4 is 9.47 Å². The Morgan fingerprint density at radius 3 is 2.71 bits per heavy atom. The van der Waals surface area contributed by atoms with Gasteiger partial charge in [0.2, 0.25) is 5.91 Å². The monoisotopic (exact) mass is 289 g/mol. The standard InChI is InChI=1S/C16H19NO4/c1-20-13-7-5-6-12(16(13)21-2)9-10-15(19)17-11-4-3-8-14(17)18/h5-7,9-10H,3-4,8,11H2,1-2H3/b10-9+. The van der Waals surface area contributed by atoms with Gasteiger partial charge in [-0.15, -0.1) is 0 Å². The molecule has 0 aliphatic carbocycles. The Bertz CT molecular complexity index is 565. The van der Waals surface area contributed by atoms with E-state index in [-0.39, 0.29) is 11.8 Å². The average molecular weight is 289 g/mol. The SMILES string of the molecule is COc1cccc(/C=C/C(=O)N2CCCCC2=O)c1OC. The van der Waals surface area contributed by atoms with Crippen LogP contribution in [-0.4, -0.2) is 37.5 Å². The van der Waals surface area contributed by atoms with E-state index in [0.717, 1.165) is 18.4 Å². The molecule has 0 aromatic heterocycles. The molecule has 0 radical (unpaired) electrons. The lowest BCUT2D eigenvalue weighted by molar-refractivity contribution is -0.143. The molecule has 2 amide bonds. The first kappa shape index (κ1) is 15.1. The molecule has 1 saturated heterocycles. The van der Waals surface area contributed by atoms with Crippen molar-refractivity contribution < 1.29 is 19.1 Å². The number of methoxy groups -OCH3 is 2. The Morgan fingerprint density at radius 1 is 1.24 bits per heavy atom. The molecule has 21 heavy (non-hydrogen) atoms. The van der Waals surface area contributed by atoms with Crippen molar-refractivity contribution in [3.8, 4) is 11.5 Å². The van der Waals surface area contributed by atoms with E-state index in [2.05, 4.69) is 0 Å². The molecule has 1 aliphatic heterocycles. The van der Waals surface area contributed by atoms with E-state index in [1.165, 1.54) is 11.0 Å². The van der Waals surface area contributed by atoms with E-state index in [1.807, 2.05) is 12.1 Å². The molecule has 5 nitrogen and oxygen atoms in total. The number of hydrogen-bond donors (Lipinski definition) is 0. The number of likely N-dealkylation sites (tertiary alicyclic amines) is 1. The van der Waals surface area contributed by atoms with Crippen molar-refractivity contribution in [1.29, 1.82) is 0 Å². The Balaban J connectivity index is 2.17. The molecule has 5 heteroatoms. The summed E-state index contributed by atoms with van der Waals surface area (Å²) in [5, 5.41) is 0. The second-order valence-electron chi connectivity index (χ2n) is 4.76. The maximum absolute atomic E-state index is 12.1. The summed E-state index contributed by atoms with van der Waals surface area (Å²) in [6, 6.07) is 5.42. The number of amides is 2. The molecule has 1 aliphatic rings. The summed E-state index contributed by atoms with van der Waals surface area (Å²) in [5.41, 5.74) is 0.731. The highest BCUT2D eigenvalue weighted by Gasteiger charge is 2.22. The largest absolute Gasteiger partial charge is 0.493 e. The number of carbonyl (C=O) groups is 2. The number of hydrogen-bond acceptors (Lipinski definition) is 4. The van der Waals surface area contributed by atoms with Crippen LogP contribution in [-0.2, 0) is 9.59 Å². The second-order valence-corrected chi connectivity index (χ2v) is 4.76. The number of nitrogens with zero attached hydrogens (tertiary/aromatic N) is 1. The van der Waals surface area contributed by atoms with Gasteiger partial charge in [-0.2, -0.15) is 0 Å². The molecule has 0 saturated carbocycles. The van der Waals surface area contributed by atoms with E-state index < -0.39 is 0 Å². The summed E-state index contributed by atoms with van der Waals surface area (Å²) in [6.07, 6.45) is 5.22. The zero-order valence-electron chi connectivity index (χ0n) is 12.3. The summed E-state index contributed by atoms with van der Waals surface area (Å²) in [5.74, 6) is 0.772. The average Bonchev–Trinajstić information content (AvgIpc) is 2.52. The van der Waals surface area contributed by atoms with E-state index in [1.54, 1.807) is 26.4 Å². The molecule has 0 unspecified atom stereocenters. The van der Waals surface area contributed by atoms with E-state index >= 15 is 0 Å². The lowest BCUT2D eigenvalue weighted by atomic mass is 10.1. The maximum Gasteiger partial charge on any atom is 0.253 e. The Hall–Kier alpha value is -2.30. The van der Waals surface area contributed by atoms with Crippen molar-refractivity contribution in [3.63, 3.8) is 0 Å². The van der Waals surface area contributed by atoms with E-state index in [0.29, 0.717) is 24.5 Å². The number of imide groups is 1. The van der Waals surface area contributed by atoms with Gasteiger partial charge in [-0.05, 0) is 25.0 Å². The highest BCUT2D eigenvalue weighted by Crippen LogP contribution is 2.31. The lowest BCUT2D eigenvalue weighted by Gasteiger charge is -2.23. The number of benzene rings is 1. The highest BCUT2D eigenvalue weighted by atomic mass is 16.5. The van der Waals surface area contributed by atoms with Crippen LogP contribution in [0.1, 0.15) is 24.8 Å². The van der Waals surface area contributed by atoms with Gasteiger partial charge in [-0.3, -0.25) is 14.5 Å². The molecule has 0 spiro atoms. The van der Waals surface area contributed by atoms with Gasteiger partial charge in [0.1, 0.15) is 0 Å². The third-order valence-corrected chi connectivity index (χ3v) is 3.43. The maximum atomic E-state index is 12.1. The molecular weight excluding hydrogens is 270 g/mol. The van der Waals surface area contributed by atoms with Gasteiger partial charge in [0.25, 0.3) is 5.91 Å². The van der Waals surface area contributed by atoms with Gasteiger partial charge in [0.05, 0.1) is 14.2 Å². The van der Waals surface area contributed by atoms with Crippen LogP contribution >= 0.6 is 0 Å². The molecule has 2 rings (SSSR count). The molecule has 0 N–H and O–H groups in total. The van der Waals surface area contributed by atoms with Crippen molar-refractivity contribution in [2.24, 2.45) is 0 Å². The summed E-state index contributed by atoms with van der Waals surface area (Å²) >= 11 is 0. The fraction of sp³-hybridized carbons (Fsp3) is 0.375. The minimum absolute atomic E-state index is 0.103. The number of para-hydroxylation sites is 1. The number of rotatable bonds is 4. The van der Waals surface area contributed by atoms with Crippen LogP contribution in [0.4, 0.5) is 0 Å². The molecule has 112 valence electrons. The molecule has 1 fully saturated rings. The smallest absolute Gasteiger partial charge is 0.253 e. The quantitative estimate of drug-likeness (QED) is 0.798. The van der Waals surface area contributed by atoms with Crippen LogP contribution in [0.5, 0.6) is 11.5 Å². The van der Waals surface area contributed by atoms with Crippen molar-refractivity contribution in [2.45, 2.75) is 19.3 Å². The second kappa shape index (κ2) is 6.92. The lowest BCUT2D eigenvalue weighted by Crippen LogP contribution is -2.39. The number of carbonyl (C=O) groups excluding carboxylic acids is 2. The third-order valence-electron chi connectivity index (χ3n) is 3.43. The van der Waals surface area contributed by atoms with Crippen LogP contribution in [0, 0.1) is 0 Å². The van der Waals surface area contributed by atoms with Crippen LogP contribution in [0.15, 0.2) is 24.3 Å². The van der Waals surface area contributed by atoms with Gasteiger partial charge >= 0.3 is 0 Å². The van der Waals surface area contributed by atoms with Crippen LogP contribution in [0.25, 0.3) is 6.08 Å². The first-order valence-corrected chi connectivity index (χ1v) is 6.90. The zero-order valence-corrected chi connectivity index (χ0v) is 12.3. The summed E-state index contributed by atoms with van der Waals surface area (Å²) < 4.78 is 10.5. The summed E-state index contributed by atoms with van der Waals surface area (Å²) in [6.45, 7) is 0.497. The van der Waals surface area contributed by atoms with Gasteiger partial charge in [-0.1, -0.05) is 12.1 Å². The number of piperidine rings is 1. The minimum atomic E-state index is -0.287. The first-order chi connectivity index (χ1) is 10.2. The summed E-state index contributed by atoms with van der Waals surface area (Å²) in [7, 11) is 3.11. The fourth-order valence-corrected chi connectivity index (χ4v) is 2.33. The van der Waals surface area contributed by atoms with Crippen LogP contribution in [0.3, 0.4) is 0 Å². The molecule has 1 aromatic rings. The van der Waals surface area contributed by atoms with Crippen LogP contribution in [0.2, 0.25) is 0 Å². The molecule has 1 aromatic carbocycles. The van der Waals surface area contributed by atoms with Crippen molar-refractivity contribution >= 4 is 17.9 Å². The van der Waals surface area contributed by atoms with E-state index in [4.69, 9.17) is 9.47 Å². The normalized spacial score (nSPS) is 15.3. The topological polar surface area (TPSA) is 55.8 Å². The zero-order chi connectivity index (χ0) is 15.2. The van der Waals surface area contributed by atoms with Crippen molar-refractivity contribution in [2.75, 3.05) is 20.8 Å². The fourth-order valence-electron chi connectivity index (χ4n) is 2.33. The van der Waals surface area contributed by atoms with E-state index in [9.17, 15) is 9.59 Å². The Labute approximate surface area is 124 Å². The van der Waals surface area contributed by atoms with Crippen molar-refractivity contribution in [1.82, 2.24) is 4.90 Å². The van der Waals surface area contributed by atoms with Gasteiger partial charge < -0.3 is 9.47 Å². The van der Waals surface area contributed by atoms with Crippen molar-refractivity contribution in [3.05, 3.63) is 29.8 Å². The Morgan fingerprint density at radius 2 is 2.05 bits per heavy atom.